The highest BCUT2D eigenvalue weighted by atomic mass is 19.1. The molecule has 3 N–H and O–H groups in total. The fourth-order valence-electron chi connectivity index (χ4n) is 2.55. The Bertz CT molecular complexity index is 878. The largest absolute Gasteiger partial charge is 0.347 e. The number of halogens is 1. The van der Waals surface area contributed by atoms with E-state index in [0.717, 1.165) is 22.3 Å². The van der Waals surface area contributed by atoms with Gasteiger partial charge in [0.15, 0.2) is 0 Å². The van der Waals surface area contributed by atoms with E-state index in [0.29, 0.717) is 18.8 Å². The van der Waals surface area contributed by atoms with E-state index in [-0.39, 0.29) is 11.7 Å². The van der Waals surface area contributed by atoms with Crippen LogP contribution in [0.15, 0.2) is 66.9 Å². The van der Waals surface area contributed by atoms with Gasteiger partial charge in [0.2, 0.25) is 0 Å². The molecule has 4 nitrogen and oxygen atoms in total. The van der Waals surface area contributed by atoms with Crippen molar-refractivity contribution in [2.45, 2.75) is 13.1 Å². The fourth-order valence-corrected chi connectivity index (χ4v) is 2.55. The maximum Gasteiger partial charge on any atom is 0.270 e. The molecule has 0 unspecified atom stereocenters. The third-order valence-electron chi connectivity index (χ3n) is 3.86. The third kappa shape index (κ3) is 4.08. The van der Waals surface area contributed by atoms with Crippen molar-refractivity contribution in [3.05, 3.63) is 89.5 Å². The number of carbonyl (C=O) groups excluding carboxylic acids is 1. The van der Waals surface area contributed by atoms with Crippen molar-refractivity contribution in [3.63, 3.8) is 0 Å². The number of benzene rings is 2. The van der Waals surface area contributed by atoms with Gasteiger partial charge in [-0.15, -0.1) is 0 Å². The predicted octanol–water partition coefficient (Wildman–Crippen LogP) is 3.28. The second-order valence-electron chi connectivity index (χ2n) is 5.61. The summed E-state index contributed by atoms with van der Waals surface area (Å²) in [6.07, 6.45) is 1.59. The molecule has 2 aromatic carbocycles. The molecule has 0 radical (unpaired) electrons. The number of rotatable bonds is 5. The van der Waals surface area contributed by atoms with Crippen LogP contribution in [0.5, 0.6) is 0 Å². The number of carbonyl (C=O) groups is 1. The zero-order valence-electron chi connectivity index (χ0n) is 13.6. The lowest BCUT2D eigenvalue weighted by atomic mass is 10.0. The van der Waals surface area contributed by atoms with E-state index in [2.05, 4.69) is 10.3 Å². The van der Waals surface area contributed by atoms with Crippen LogP contribution in [0.2, 0.25) is 0 Å². The summed E-state index contributed by atoms with van der Waals surface area (Å²) in [7, 11) is 0. The Morgan fingerprint density at radius 2 is 1.84 bits per heavy atom. The number of hydrogen-bond acceptors (Lipinski definition) is 3. The Labute approximate surface area is 145 Å². The second-order valence-corrected chi connectivity index (χ2v) is 5.61. The molecule has 0 spiro atoms. The van der Waals surface area contributed by atoms with E-state index in [9.17, 15) is 9.18 Å². The van der Waals surface area contributed by atoms with Crippen LogP contribution in [0, 0.1) is 5.82 Å². The van der Waals surface area contributed by atoms with Crippen LogP contribution >= 0.6 is 0 Å². The number of nitrogens with two attached hydrogens (primary N) is 1. The first-order chi connectivity index (χ1) is 12.2. The summed E-state index contributed by atoms with van der Waals surface area (Å²) in [5, 5.41) is 2.82. The molecule has 25 heavy (non-hydrogen) atoms. The summed E-state index contributed by atoms with van der Waals surface area (Å²) in [6.45, 7) is 0.734. The van der Waals surface area contributed by atoms with Crippen LogP contribution in [0.1, 0.15) is 21.6 Å². The number of hydrogen-bond donors (Lipinski definition) is 2. The Morgan fingerprint density at radius 1 is 1.04 bits per heavy atom. The summed E-state index contributed by atoms with van der Waals surface area (Å²) >= 11 is 0. The van der Waals surface area contributed by atoms with Crippen molar-refractivity contribution in [1.29, 1.82) is 0 Å². The van der Waals surface area contributed by atoms with Crippen LogP contribution in [0.4, 0.5) is 4.39 Å². The Hall–Kier alpha value is -3.05. The number of nitrogens with zero attached hydrogens (tertiary/aromatic N) is 1. The molecule has 1 aromatic heterocycles. The molecule has 5 heteroatoms. The van der Waals surface area contributed by atoms with Crippen molar-refractivity contribution in [1.82, 2.24) is 10.3 Å². The maximum atomic E-state index is 12.9. The highest BCUT2D eigenvalue weighted by Gasteiger charge is 2.14. The minimum Gasteiger partial charge on any atom is -0.347 e. The van der Waals surface area contributed by atoms with Crippen molar-refractivity contribution >= 4 is 5.91 Å². The summed E-state index contributed by atoms with van der Waals surface area (Å²) in [4.78, 5) is 16.8. The normalized spacial score (nSPS) is 10.5. The Kier molecular flexibility index (Phi) is 5.16. The molecular formula is C20H18FN3O. The molecule has 3 rings (SSSR count). The lowest BCUT2D eigenvalue weighted by molar-refractivity contribution is 0.0946. The number of pyridine rings is 1. The molecular weight excluding hydrogens is 317 g/mol. The van der Waals surface area contributed by atoms with Gasteiger partial charge in [-0.2, -0.15) is 0 Å². The molecule has 0 aliphatic heterocycles. The highest BCUT2D eigenvalue weighted by Crippen LogP contribution is 2.23. The molecule has 126 valence electrons. The minimum absolute atomic E-state index is 0.280. The van der Waals surface area contributed by atoms with Crippen LogP contribution in [-0.2, 0) is 13.1 Å². The van der Waals surface area contributed by atoms with E-state index in [1.807, 2.05) is 30.3 Å². The lowest BCUT2D eigenvalue weighted by Crippen LogP contribution is -2.24. The smallest absolute Gasteiger partial charge is 0.270 e. The number of nitrogens with one attached hydrogen (secondary N) is 1. The molecule has 0 atom stereocenters. The first-order valence-corrected chi connectivity index (χ1v) is 7.94. The second kappa shape index (κ2) is 7.68. The molecule has 0 aliphatic carbocycles. The van der Waals surface area contributed by atoms with Gasteiger partial charge in [-0.1, -0.05) is 36.4 Å². The zero-order chi connectivity index (χ0) is 17.6. The first kappa shape index (κ1) is 16.8. The van der Waals surface area contributed by atoms with Crippen molar-refractivity contribution in [2.24, 2.45) is 5.73 Å². The zero-order valence-corrected chi connectivity index (χ0v) is 13.6. The van der Waals surface area contributed by atoms with Gasteiger partial charge in [0.25, 0.3) is 5.91 Å². The summed E-state index contributed by atoms with van der Waals surface area (Å²) in [6, 6.07) is 17.4. The van der Waals surface area contributed by atoms with E-state index in [1.54, 1.807) is 24.4 Å². The van der Waals surface area contributed by atoms with Gasteiger partial charge < -0.3 is 11.1 Å². The number of aromatic nitrogens is 1. The van der Waals surface area contributed by atoms with Crippen LogP contribution in [0.25, 0.3) is 11.1 Å². The standard InChI is InChI=1S/C20H18FN3O/c21-17-8-6-14(7-9-17)13-24-20(25)19-18(5-2-10-23-19)16-4-1-3-15(11-16)12-22/h1-11H,12-13,22H2,(H,24,25). The predicted molar refractivity (Wildman–Crippen MR) is 95.1 cm³/mol. The molecule has 1 heterocycles. The Morgan fingerprint density at radius 3 is 2.60 bits per heavy atom. The van der Waals surface area contributed by atoms with E-state index in [1.165, 1.54) is 12.1 Å². The average molecular weight is 335 g/mol. The van der Waals surface area contributed by atoms with Crippen molar-refractivity contribution in [3.8, 4) is 11.1 Å². The van der Waals surface area contributed by atoms with Gasteiger partial charge in [-0.05, 0) is 41.0 Å². The van der Waals surface area contributed by atoms with Crippen molar-refractivity contribution < 1.29 is 9.18 Å². The lowest BCUT2D eigenvalue weighted by Gasteiger charge is -2.10. The quantitative estimate of drug-likeness (QED) is 0.752. The molecule has 0 aliphatic rings. The van der Waals surface area contributed by atoms with E-state index >= 15 is 0 Å². The number of amides is 1. The monoisotopic (exact) mass is 335 g/mol. The highest BCUT2D eigenvalue weighted by molar-refractivity contribution is 5.98. The molecule has 1 amide bonds. The summed E-state index contributed by atoms with van der Waals surface area (Å²) < 4.78 is 12.9. The van der Waals surface area contributed by atoms with Gasteiger partial charge in [0.05, 0.1) is 0 Å². The maximum absolute atomic E-state index is 12.9. The van der Waals surface area contributed by atoms with E-state index in [4.69, 9.17) is 5.73 Å². The van der Waals surface area contributed by atoms with Gasteiger partial charge in [0, 0.05) is 24.8 Å². The third-order valence-corrected chi connectivity index (χ3v) is 3.86. The molecule has 0 fully saturated rings. The fraction of sp³-hybridized carbons (Fsp3) is 0.100. The van der Waals surface area contributed by atoms with Crippen LogP contribution in [-0.4, -0.2) is 10.9 Å². The first-order valence-electron chi connectivity index (χ1n) is 7.94. The van der Waals surface area contributed by atoms with Crippen molar-refractivity contribution in [2.75, 3.05) is 0 Å². The molecule has 0 bridgehead atoms. The molecule has 3 aromatic rings. The van der Waals surface area contributed by atoms with Crippen LogP contribution < -0.4 is 11.1 Å². The van der Waals surface area contributed by atoms with Gasteiger partial charge in [0.1, 0.15) is 11.5 Å². The van der Waals surface area contributed by atoms with Gasteiger partial charge >= 0.3 is 0 Å². The molecule has 0 saturated carbocycles. The summed E-state index contributed by atoms with van der Waals surface area (Å²) in [5.41, 5.74) is 9.48. The van der Waals surface area contributed by atoms with Gasteiger partial charge in [-0.3, -0.25) is 9.78 Å². The summed E-state index contributed by atoms with van der Waals surface area (Å²) in [5.74, 6) is -0.583. The average Bonchev–Trinajstić information content (AvgIpc) is 2.67. The topological polar surface area (TPSA) is 68.0 Å². The minimum atomic E-state index is -0.304. The van der Waals surface area contributed by atoms with Crippen LogP contribution in [0.3, 0.4) is 0 Å². The molecule has 0 saturated heterocycles. The van der Waals surface area contributed by atoms with E-state index < -0.39 is 0 Å². The SMILES string of the molecule is NCc1cccc(-c2cccnc2C(=O)NCc2ccc(F)cc2)c1. The van der Waals surface area contributed by atoms with Gasteiger partial charge in [-0.25, -0.2) is 4.39 Å². The Balaban J connectivity index is 1.82.